The van der Waals surface area contributed by atoms with Gasteiger partial charge in [0.25, 0.3) is 0 Å². The minimum Gasteiger partial charge on any atom is -0.389 e. The summed E-state index contributed by atoms with van der Waals surface area (Å²) in [6, 6.07) is 0.573. The number of rotatable bonds is 8. The fraction of sp³-hybridized carbons (Fsp3) is 1.00. The minimum absolute atomic E-state index is 0.236. The van der Waals surface area contributed by atoms with E-state index in [1.54, 1.807) is 0 Å². The molecule has 20 heavy (non-hydrogen) atoms. The molecule has 120 valence electrons. The summed E-state index contributed by atoms with van der Waals surface area (Å²) in [6.45, 7) is 12.3. The molecule has 5 atom stereocenters. The van der Waals surface area contributed by atoms with E-state index in [1.807, 2.05) is 0 Å². The van der Waals surface area contributed by atoms with Crippen molar-refractivity contribution in [2.75, 3.05) is 13.2 Å². The molecular weight excluding hydrogens is 250 g/mol. The van der Waals surface area contributed by atoms with Gasteiger partial charge >= 0.3 is 0 Å². The van der Waals surface area contributed by atoms with Gasteiger partial charge in [0.05, 0.1) is 18.8 Å². The van der Waals surface area contributed by atoms with Crippen molar-refractivity contribution in [3.05, 3.63) is 0 Å². The van der Waals surface area contributed by atoms with Crippen molar-refractivity contribution in [1.82, 2.24) is 5.32 Å². The van der Waals surface area contributed by atoms with Crippen molar-refractivity contribution in [2.45, 2.75) is 78.6 Å². The molecule has 0 radical (unpaired) electrons. The van der Waals surface area contributed by atoms with Crippen LogP contribution in [0.15, 0.2) is 0 Å². The van der Waals surface area contributed by atoms with Crippen LogP contribution in [0.1, 0.15) is 60.3 Å². The van der Waals surface area contributed by atoms with Gasteiger partial charge in [0.2, 0.25) is 0 Å². The SMILES string of the molecule is CC(C)CC(C)OCC(O)CNC1CCC(C)C(C)C1. The maximum absolute atomic E-state index is 9.99. The Morgan fingerprint density at radius 1 is 1.15 bits per heavy atom. The van der Waals surface area contributed by atoms with Crippen LogP contribution < -0.4 is 5.32 Å². The van der Waals surface area contributed by atoms with Gasteiger partial charge in [-0.25, -0.2) is 0 Å². The van der Waals surface area contributed by atoms with Crippen molar-refractivity contribution in [3.8, 4) is 0 Å². The Balaban J connectivity index is 2.12. The molecule has 2 N–H and O–H groups in total. The van der Waals surface area contributed by atoms with E-state index in [1.165, 1.54) is 19.3 Å². The maximum atomic E-state index is 9.99. The summed E-state index contributed by atoms with van der Waals surface area (Å²) in [6.07, 6.45) is 4.68. The molecule has 1 saturated carbocycles. The molecule has 0 aliphatic heterocycles. The Labute approximate surface area is 125 Å². The number of hydrogen-bond donors (Lipinski definition) is 2. The molecule has 0 amide bonds. The molecule has 0 bridgehead atoms. The van der Waals surface area contributed by atoms with E-state index in [-0.39, 0.29) is 12.2 Å². The smallest absolute Gasteiger partial charge is 0.0897 e. The fourth-order valence-electron chi connectivity index (χ4n) is 3.10. The Kier molecular flexibility index (Phi) is 8.08. The average Bonchev–Trinajstić information content (AvgIpc) is 2.37. The highest BCUT2D eigenvalue weighted by Crippen LogP contribution is 2.29. The van der Waals surface area contributed by atoms with E-state index in [0.717, 1.165) is 18.3 Å². The maximum Gasteiger partial charge on any atom is 0.0897 e. The van der Waals surface area contributed by atoms with E-state index in [2.05, 4.69) is 39.9 Å². The van der Waals surface area contributed by atoms with Gasteiger partial charge in [0, 0.05) is 12.6 Å². The number of hydrogen-bond acceptors (Lipinski definition) is 3. The Bertz CT molecular complexity index is 257. The van der Waals surface area contributed by atoms with E-state index >= 15 is 0 Å². The van der Waals surface area contributed by atoms with Gasteiger partial charge in [-0.15, -0.1) is 0 Å². The van der Waals surface area contributed by atoms with Gasteiger partial charge in [-0.2, -0.15) is 0 Å². The van der Waals surface area contributed by atoms with Crippen LogP contribution in [0.5, 0.6) is 0 Å². The van der Waals surface area contributed by atoms with Gasteiger partial charge in [-0.1, -0.05) is 27.7 Å². The Hall–Kier alpha value is -0.120. The van der Waals surface area contributed by atoms with Crippen LogP contribution >= 0.6 is 0 Å². The number of aliphatic hydroxyl groups excluding tert-OH is 1. The summed E-state index contributed by atoms with van der Waals surface area (Å²) in [4.78, 5) is 0. The predicted octanol–water partition coefficient (Wildman–Crippen LogP) is 3.21. The molecule has 0 aromatic heterocycles. The first kappa shape index (κ1) is 17.9. The van der Waals surface area contributed by atoms with Crippen LogP contribution in [0.2, 0.25) is 0 Å². The first-order chi connectivity index (χ1) is 9.38. The van der Waals surface area contributed by atoms with Crippen molar-refractivity contribution < 1.29 is 9.84 Å². The lowest BCUT2D eigenvalue weighted by Crippen LogP contribution is -2.41. The molecule has 1 rings (SSSR count). The molecule has 0 heterocycles. The summed E-state index contributed by atoms with van der Waals surface area (Å²) in [5.41, 5.74) is 0. The van der Waals surface area contributed by atoms with Crippen LogP contribution in [0.4, 0.5) is 0 Å². The first-order valence-electron chi connectivity index (χ1n) is 8.41. The zero-order valence-corrected chi connectivity index (χ0v) is 14.1. The molecule has 1 aliphatic rings. The quantitative estimate of drug-likeness (QED) is 0.719. The lowest BCUT2D eigenvalue weighted by Gasteiger charge is -2.33. The number of aliphatic hydroxyl groups is 1. The summed E-state index contributed by atoms with van der Waals surface area (Å²) >= 11 is 0. The topological polar surface area (TPSA) is 41.5 Å². The van der Waals surface area contributed by atoms with Gasteiger partial charge in [-0.05, 0) is 50.4 Å². The normalized spacial score (nSPS) is 30.4. The number of ether oxygens (including phenoxy) is 1. The van der Waals surface area contributed by atoms with Crippen LogP contribution in [-0.4, -0.2) is 36.5 Å². The third-order valence-corrected chi connectivity index (χ3v) is 4.62. The molecule has 3 nitrogen and oxygen atoms in total. The van der Waals surface area contributed by atoms with Crippen LogP contribution in [-0.2, 0) is 4.74 Å². The highest BCUT2D eigenvalue weighted by molar-refractivity contribution is 4.80. The van der Waals surface area contributed by atoms with E-state index < -0.39 is 0 Å². The van der Waals surface area contributed by atoms with E-state index in [4.69, 9.17) is 4.74 Å². The zero-order chi connectivity index (χ0) is 15.1. The average molecular weight is 285 g/mol. The van der Waals surface area contributed by atoms with Crippen LogP contribution in [0.25, 0.3) is 0 Å². The molecule has 3 heteroatoms. The highest BCUT2D eigenvalue weighted by Gasteiger charge is 2.24. The van der Waals surface area contributed by atoms with Crippen LogP contribution in [0, 0.1) is 17.8 Å². The summed E-state index contributed by atoms with van der Waals surface area (Å²) < 4.78 is 5.70. The monoisotopic (exact) mass is 285 g/mol. The molecule has 0 spiro atoms. The Morgan fingerprint density at radius 3 is 2.45 bits per heavy atom. The summed E-state index contributed by atoms with van der Waals surface area (Å²) in [5, 5.41) is 13.5. The van der Waals surface area contributed by atoms with Crippen molar-refractivity contribution in [2.24, 2.45) is 17.8 Å². The first-order valence-corrected chi connectivity index (χ1v) is 8.41. The summed E-state index contributed by atoms with van der Waals surface area (Å²) in [7, 11) is 0. The molecule has 0 saturated heterocycles. The standard InChI is InChI=1S/C17H35NO2/c1-12(2)8-15(5)20-11-17(19)10-18-16-7-6-13(3)14(4)9-16/h12-19H,6-11H2,1-5H3. The fourth-order valence-corrected chi connectivity index (χ4v) is 3.10. The number of nitrogens with one attached hydrogen (secondary N) is 1. The molecule has 0 aromatic rings. The summed E-state index contributed by atoms with van der Waals surface area (Å²) in [5.74, 6) is 2.28. The van der Waals surface area contributed by atoms with Crippen LogP contribution in [0.3, 0.4) is 0 Å². The highest BCUT2D eigenvalue weighted by atomic mass is 16.5. The second kappa shape index (κ2) is 9.01. The van der Waals surface area contributed by atoms with E-state index in [0.29, 0.717) is 25.1 Å². The van der Waals surface area contributed by atoms with Gasteiger partial charge in [-0.3, -0.25) is 0 Å². The van der Waals surface area contributed by atoms with Gasteiger partial charge in [0.1, 0.15) is 0 Å². The molecule has 1 fully saturated rings. The lowest BCUT2D eigenvalue weighted by molar-refractivity contribution is -0.00999. The Morgan fingerprint density at radius 2 is 1.85 bits per heavy atom. The second-order valence-corrected chi connectivity index (χ2v) is 7.30. The van der Waals surface area contributed by atoms with Crippen molar-refractivity contribution >= 4 is 0 Å². The van der Waals surface area contributed by atoms with Gasteiger partial charge < -0.3 is 15.2 Å². The second-order valence-electron chi connectivity index (χ2n) is 7.30. The molecular formula is C17H35NO2. The van der Waals surface area contributed by atoms with Crippen molar-refractivity contribution in [3.63, 3.8) is 0 Å². The third-order valence-electron chi connectivity index (χ3n) is 4.62. The van der Waals surface area contributed by atoms with Crippen molar-refractivity contribution in [1.29, 1.82) is 0 Å². The lowest BCUT2D eigenvalue weighted by atomic mass is 9.79. The third kappa shape index (κ3) is 7.05. The van der Waals surface area contributed by atoms with Gasteiger partial charge in [0.15, 0.2) is 0 Å². The molecule has 0 aromatic carbocycles. The predicted molar refractivity (Wildman–Crippen MR) is 84.8 cm³/mol. The molecule has 1 aliphatic carbocycles. The minimum atomic E-state index is -0.390. The molecule has 5 unspecified atom stereocenters. The van der Waals surface area contributed by atoms with E-state index in [9.17, 15) is 5.11 Å². The zero-order valence-electron chi connectivity index (χ0n) is 14.1. The largest absolute Gasteiger partial charge is 0.389 e.